The van der Waals surface area contributed by atoms with Crippen molar-refractivity contribution in [2.24, 2.45) is 0 Å². The summed E-state index contributed by atoms with van der Waals surface area (Å²) in [4.78, 5) is 21.3. The van der Waals surface area contributed by atoms with Crippen LogP contribution in [-0.2, 0) is 17.5 Å². The molecule has 1 aliphatic rings. The molecule has 0 unspecified atom stereocenters. The van der Waals surface area contributed by atoms with Crippen LogP contribution in [0.1, 0.15) is 36.8 Å². The Morgan fingerprint density at radius 3 is 2.63 bits per heavy atom. The van der Waals surface area contributed by atoms with Crippen LogP contribution in [0.25, 0.3) is 0 Å². The molecule has 10 heteroatoms. The zero-order chi connectivity index (χ0) is 21.6. The first-order chi connectivity index (χ1) is 14.3. The number of hydrogen-bond acceptors (Lipinski definition) is 6. The van der Waals surface area contributed by atoms with Gasteiger partial charge in [-0.15, -0.1) is 0 Å². The highest BCUT2D eigenvalue weighted by molar-refractivity contribution is 5.68. The zero-order valence-corrected chi connectivity index (χ0v) is 16.4. The number of amides is 1. The molecule has 0 spiro atoms. The second-order valence-electron chi connectivity index (χ2n) is 7.09. The number of aromatic nitrogens is 2. The van der Waals surface area contributed by atoms with E-state index in [-0.39, 0.29) is 31.0 Å². The first-order valence-electron chi connectivity index (χ1n) is 9.75. The Labute approximate surface area is 172 Å². The highest BCUT2D eigenvalue weighted by Gasteiger charge is 2.35. The molecule has 7 nitrogen and oxygen atoms in total. The number of benzene rings is 1. The largest absolute Gasteiger partial charge is 0.445 e. The Morgan fingerprint density at radius 2 is 2.00 bits per heavy atom. The molecule has 1 aromatic carbocycles. The molecular formula is C20H24F3N5O2. The summed E-state index contributed by atoms with van der Waals surface area (Å²) in [5, 5.41) is 2.66. The highest BCUT2D eigenvalue weighted by atomic mass is 19.4. The Kier molecular flexibility index (Phi) is 6.96. The summed E-state index contributed by atoms with van der Waals surface area (Å²) in [6.07, 6.45) is -1.07. The predicted molar refractivity (Wildman–Crippen MR) is 106 cm³/mol. The van der Waals surface area contributed by atoms with Crippen molar-refractivity contribution in [1.82, 2.24) is 14.9 Å². The van der Waals surface area contributed by atoms with Gasteiger partial charge in [0.2, 0.25) is 5.95 Å². The Balaban J connectivity index is 1.53. The molecule has 0 bridgehead atoms. The fraction of sp³-hybridized carbons (Fsp3) is 0.450. The van der Waals surface area contributed by atoms with Crippen LogP contribution >= 0.6 is 0 Å². The Hall–Kier alpha value is -3.04. The van der Waals surface area contributed by atoms with Crippen molar-refractivity contribution in [3.8, 4) is 0 Å². The minimum absolute atomic E-state index is 0.105. The fourth-order valence-corrected chi connectivity index (χ4v) is 3.12. The smallest absolute Gasteiger partial charge is 0.421 e. The number of rotatable bonds is 8. The highest BCUT2D eigenvalue weighted by Crippen LogP contribution is 2.33. The van der Waals surface area contributed by atoms with Gasteiger partial charge in [-0.25, -0.2) is 9.78 Å². The monoisotopic (exact) mass is 423 g/mol. The molecule has 30 heavy (non-hydrogen) atoms. The van der Waals surface area contributed by atoms with Crippen LogP contribution in [0.2, 0.25) is 0 Å². The molecule has 0 radical (unpaired) electrons. The number of nitrogen functional groups attached to an aromatic ring is 1. The van der Waals surface area contributed by atoms with Crippen molar-refractivity contribution in [1.29, 1.82) is 0 Å². The number of nitrogens with zero attached hydrogens (tertiary/aromatic N) is 3. The van der Waals surface area contributed by atoms with Crippen LogP contribution in [0, 0.1) is 0 Å². The normalized spacial score (nSPS) is 14.1. The second kappa shape index (κ2) is 9.64. The minimum Gasteiger partial charge on any atom is -0.445 e. The van der Waals surface area contributed by atoms with E-state index in [1.54, 1.807) is 4.90 Å². The van der Waals surface area contributed by atoms with Crippen molar-refractivity contribution >= 4 is 17.9 Å². The van der Waals surface area contributed by atoms with E-state index in [4.69, 9.17) is 10.5 Å². The van der Waals surface area contributed by atoms with Crippen LogP contribution in [0.4, 0.5) is 29.7 Å². The molecule has 0 saturated heterocycles. The number of halogens is 3. The maximum atomic E-state index is 13.1. The third kappa shape index (κ3) is 5.74. The van der Waals surface area contributed by atoms with Gasteiger partial charge in [0.25, 0.3) is 0 Å². The molecule has 162 valence electrons. The lowest BCUT2D eigenvalue weighted by atomic mass is 9.91. The first kappa shape index (κ1) is 21.7. The van der Waals surface area contributed by atoms with Gasteiger partial charge in [0.1, 0.15) is 18.0 Å². The van der Waals surface area contributed by atoms with Gasteiger partial charge in [0.05, 0.1) is 0 Å². The number of carbonyl (C=O) groups excluding carboxylic acids is 1. The topological polar surface area (TPSA) is 93.4 Å². The minimum atomic E-state index is -4.59. The van der Waals surface area contributed by atoms with E-state index >= 15 is 0 Å². The zero-order valence-electron chi connectivity index (χ0n) is 16.4. The molecule has 1 heterocycles. The summed E-state index contributed by atoms with van der Waals surface area (Å²) >= 11 is 0. The van der Waals surface area contributed by atoms with Crippen molar-refractivity contribution in [2.75, 3.05) is 24.1 Å². The van der Waals surface area contributed by atoms with Crippen LogP contribution in [0.5, 0.6) is 0 Å². The molecule has 0 atom stereocenters. The summed E-state index contributed by atoms with van der Waals surface area (Å²) in [6.45, 7) is 0.734. The molecule has 1 amide bonds. The van der Waals surface area contributed by atoms with Crippen molar-refractivity contribution in [3.05, 3.63) is 47.7 Å². The Morgan fingerprint density at radius 1 is 1.27 bits per heavy atom. The standard InChI is InChI=1S/C20H24F3N5O2/c21-20(22,23)16-12-26-18(24)27-17(16)25-10-5-11-28(15-8-4-9-15)19(29)30-13-14-6-2-1-3-7-14/h1-3,6-7,12,15H,4-5,8-11,13H2,(H3,24,25,26,27). The molecule has 0 aliphatic heterocycles. The molecule has 2 aromatic rings. The lowest BCUT2D eigenvalue weighted by molar-refractivity contribution is -0.137. The average Bonchev–Trinajstić information content (AvgIpc) is 2.67. The molecule has 3 rings (SSSR count). The van der Waals surface area contributed by atoms with E-state index in [0.29, 0.717) is 19.2 Å². The number of alkyl halides is 3. The molecule has 1 aromatic heterocycles. The number of anilines is 2. The van der Waals surface area contributed by atoms with E-state index in [1.807, 2.05) is 30.3 Å². The van der Waals surface area contributed by atoms with Gasteiger partial charge in [0, 0.05) is 25.3 Å². The third-order valence-corrected chi connectivity index (χ3v) is 4.94. The SMILES string of the molecule is Nc1ncc(C(F)(F)F)c(NCCCN(C(=O)OCc2ccccc2)C2CCC2)n1. The maximum absolute atomic E-state index is 13.1. The summed E-state index contributed by atoms with van der Waals surface area (Å²) in [7, 11) is 0. The van der Waals surface area contributed by atoms with Gasteiger partial charge < -0.3 is 20.7 Å². The lowest BCUT2D eigenvalue weighted by Crippen LogP contribution is -2.45. The van der Waals surface area contributed by atoms with Crippen LogP contribution < -0.4 is 11.1 Å². The summed E-state index contributed by atoms with van der Waals surface area (Å²) in [6, 6.07) is 9.47. The molecule has 3 N–H and O–H groups in total. The number of nitrogens with one attached hydrogen (secondary N) is 1. The predicted octanol–water partition coefficient (Wildman–Crippen LogP) is 4.07. The number of ether oxygens (including phenoxy) is 1. The summed E-state index contributed by atoms with van der Waals surface area (Å²) in [5.74, 6) is -0.608. The van der Waals surface area contributed by atoms with Crippen LogP contribution in [0.3, 0.4) is 0 Å². The first-order valence-corrected chi connectivity index (χ1v) is 9.75. The number of hydrogen-bond donors (Lipinski definition) is 2. The van der Waals surface area contributed by atoms with Gasteiger partial charge in [-0.05, 0) is 31.2 Å². The average molecular weight is 423 g/mol. The third-order valence-electron chi connectivity index (χ3n) is 4.94. The van der Waals surface area contributed by atoms with E-state index in [2.05, 4.69) is 15.3 Å². The summed E-state index contributed by atoms with van der Waals surface area (Å²) < 4.78 is 44.7. The molecule has 1 aliphatic carbocycles. The molecule has 1 saturated carbocycles. The maximum Gasteiger partial charge on any atom is 0.421 e. The number of carbonyl (C=O) groups is 1. The molecule has 1 fully saturated rings. The quantitative estimate of drug-likeness (QED) is 0.622. The second-order valence-corrected chi connectivity index (χ2v) is 7.09. The van der Waals surface area contributed by atoms with Crippen LogP contribution in [-0.4, -0.2) is 40.1 Å². The lowest BCUT2D eigenvalue weighted by Gasteiger charge is -2.36. The molecular weight excluding hydrogens is 399 g/mol. The van der Waals surface area contributed by atoms with Crippen molar-refractivity contribution < 1.29 is 22.7 Å². The summed E-state index contributed by atoms with van der Waals surface area (Å²) in [5.41, 5.74) is 5.32. The van der Waals surface area contributed by atoms with Gasteiger partial charge >= 0.3 is 12.3 Å². The van der Waals surface area contributed by atoms with Gasteiger partial charge in [-0.3, -0.25) is 0 Å². The van der Waals surface area contributed by atoms with Crippen molar-refractivity contribution in [3.63, 3.8) is 0 Å². The van der Waals surface area contributed by atoms with E-state index < -0.39 is 17.8 Å². The van der Waals surface area contributed by atoms with E-state index in [9.17, 15) is 18.0 Å². The van der Waals surface area contributed by atoms with Gasteiger partial charge in [-0.2, -0.15) is 18.2 Å². The number of nitrogens with two attached hydrogens (primary N) is 1. The van der Waals surface area contributed by atoms with E-state index in [1.165, 1.54) is 0 Å². The van der Waals surface area contributed by atoms with Gasteiger partial charge in [-0.1, -0.05) is 30.3 Å². The van der Waals surface area contributed by atoms with E-state index in [0.717, 1.165) is 24.8 Å². The van der Waals surface area contributed by atoms with Crippen molar-refractivity contribution in [2.45, 2.75) is 44.5 Å². The Bertz CT molecular complexity index is 844. The van der Waals surface area contributed by atoms with Crippen LogP contribution in [0.15, 0.2) is 36.5 Å². The fourth-order valence-electron chi connectivity index (χ4n) is 3.12. The van der Waals surface area contributed by atoms with Gasteiger partial charge in [0.15, 0.2) is 0 Å².